The number of likely N-dealkylation sites (N-methyl/N-ethyl adjacent to an activating group) is 1. The standard InChI is InChI=1S/C61H119N2O6P/c1-6-8-10-12-14-16-18-20-22-24-26-28-29-30-31-32-33-34-35-36-38-40-42-44-46-48-50-52-54-60(64)59(58-69-70(66,67)68-57-56-63(3,4)5)62-61(65)55-53-51-49-47-45-43-41-39-37-27-25-23-21-19-17-15-13-11-9-7-2/h36,38,44,46,52,54,59-60,64H,6-35,37,39-43,45,47-51,53,55-58H2,1-5H3,(H-,62,65,66,67)/b38-36+,46-44+,54-52+. The number of carbonyl (C=O) groups excluding carboxylic acids is 1. The third-order valence-electron chi connectivity index (χ3n) is 13.8. The summed E-state index contributed by atoms with van der Waals surface area (Å²) < 4.78 is 23.3. The van der Waals surface area contributed by atoms with Crippen molar-refractivity contribution in [3.8, 4) is 0 Å². The van der Waals surface area contributed by atoms with Crippen LogP contribution in [0.1, 0.15) is 296 Å². The van der Waals surface area contributed by atoms with Crippen LogP contribution in [0.15, 0.2) is 36.5 Å². The van der Waals surface area contributed by atoms with E-state index in [4.69, 9.17) is 9.05 Å². The second kappa shape index (κ2) is 52.6. The van der Waals surface area contributed by atoms with E-state index in [0.717, 1.165) is 44.9 Å². The summed E-state index contributed by atoms with van der Waals surface area (Å²) in [6.45, 7) is 4.66. The molecule has 3 unspecified atom stereocenters. The SMILES string of the molecule is CCCCCCCCCCCCCCCCCCCC/C=C/CC/C=C/CC/C=C/C(O)C(COP(=O)([O-])OCC[N+](C)(C)C)NC(=O)CCCCCCCCCCCCCCCCCCCCCC. The second-order valence-corrected chi connectivity index (χ2v) is 23.5. The zero-order chi connectivity index (χ0) is 51.3. The van der Waals surface area contributed by atoms with Gasteiger partial charge in [0, 0.05) is 6.42 Å². The normalized spacial score (nSPS) is 14.1. The van der Waals surface area contributed by atoms with Crippen molar-refractivity contribution in [1.82, 2.24) is 5.32 Å². The van der Waals surface area contributed by atoms with Crippen molar-refractivity contribution in [2.45, 2.75) is 309 Å². The van der Waals surface area contributed by atoms with Crippen molar-refractivity contribution in [3.05, 3.63) is 36.5 Å². The van der Waals surface area contributed by atoms with E-state index in [1.807, 2.05) is 27.2 Å². The first-order valence-electron chi connectivity index (χ1n) is 30.4. The van der Waals surface area contributed by atoms with E-state index < -0.39 is 26.6 Å². The lowest BCUT2D eigenvalue weighted by Crippen LogP contribution is -2.45. The highest BCUT2D eigenvalue weighted by Crippen LogP contribution is 2.38. The highest BCUT2D eigenvalue weighted by molar-refractivity contribution is 7.45. The lowest BCUT2D eigenvalue weighted by atomic mass is 10.0. The molecule has 0 aliphatic carbocycles. The smallest absolute Gasteiger partial charge is 0.268 e. The number of quaternary nitrogens is 1. The fourth-order valence-corrected chi connectivity index (χ4v) is 9.79. The van der Waals surface area contributed by atoms with Gasteiger partial charge in [0.1, 0.15) is 13.2 Å². The van der Waals surface area contributed by atoms with E-state index in [-0.39, 0.29) is 12.5 Å². The molecule has 0 heterocycles. The number of amides is 1. The van der Waals surface area contributed by atoms with Gasteiger partial charge < -0.3 is 28.8 Å². The van der Waals surface area contributed by atoms with Gasteiger partial charge >= 0.3 is 0 Å². The third kappa shape index (κ3) is 54.5. The summed E-state index contributed by atoms with van der Waals surface area (Å²) in [7, 11) is 1.25. The minimum atomic E-state index is -4.61. The molecule has 0 bridgehead atoms. The number of carbonyl (C=O) groups is 1. The lowest BCUT2D eigenvalue weighted by molar-refractivity contribution is -0.870. The summed E-state index contributed by atoms with van der Waals surface area (Å²) in [4.78, 5) is 25.5. The summed E-state index contributed by atoms with van der Waals surface area (Å²) in [5.41, 5.74) is 0. The Kier molecular flexibility index (Phi) is 51.6. The van der Waals surface area contributed by atoms with Crippen molar-refractivity contribution in [1.29, 1.82) is 0 Å². The number of nitrogens with zero attached hydrogens (tertiary/aromatic N) is 1. The Hall–Kier alpha value is -1.28. The van der Waals surface area contributed by atoms with E-state index in [1.54, 1.807) is 6.08 Å². The van der Waals surface area contributed by atoms with Crippen LogP contribution in [0.2, 0.25) is 0 Å². The number of hydrogen-bond acceptors (Lipinski definition) is 6. The van der Waals surface area contributed by atoms with E-state index in [1.165, 1.54) is 231 Å². The average molecular weight is 1010 g/mol. The molecule has 8 nitrogen and oxygen atoms in total. The van der Waals surface area contributed by atoms with Crippen LogP contribution >= 0.6 is 7.82 Å². The maximum Gasteiger partial charge on any atom is 0.268 e. The van der Waals surface area contributed by atoms with Crippen LogP contribution in [0, 0.1) is 0 Å². The number of nitrogens with one attached hydrogen (secondary N) is 1. The number of phosphoric ester groups is 1. The summed E-state index contributed by atoms with van der Waals surface area (Å²) in [6, 6.07) is -0.908. The van der Waals surface area contributed by atoms with Gasteiger partial charge in [0.15, 0.2) is 0 Å². The molecular weight excluding hydrogens is 888 g/mol. The molecule has 0 radical (unpaired) electrons. The van der Waals surface area contributed by atoms with Gasteiger partial charge in [-0.1, -0.05) is 281 Å². The molecule has 3 atom stereocenters. The van der Waals surface area contributed by atoms with Crippen LogP contribution < -0.4 is 10.2 Å². The molecule has 0 spiro atoms. The molecule has 0 aromatic rings. The van der Waals surface area contributed by atoms with Gasteiger partial charge in [0.05, 0.1) is 39.9 Å². The van der Waals surface area contributed by atoms with Crippen molar-refractivity contribution in [2.75, 3.05) is 40.9 Å². The molecule has 0 saturated heterocycles. The molecule has 0 aromatic carbocycles. The molecule has 0 aliphatic rings. The second-order valence-electron chi connectivity index (χ2n) is 22.0. The maximum atomic E-state index is 13.0. The van der Waals surface area contributed by atoms with Crippen LogP contribution in [-0.4, -0.2) is 68.5 Å². The predicted molar refractivity (Wildman–Crippen MR) is 302 cm³/mol. The number of allylic oxidation sites excluding steroid dienone is 5. The van der Waals surface area contributed by atoms with Crippen LogP contribution in [0.4, 0.5) is 0 Å². The molecule has 0 saturated carbocycles. The van der Waals surface area contributed by atoms with Gasteiger partial charge in [-0.05, 0) is 44.9 Å². The molecule has 1 amide bonds. The largest absolute Gasteiger partial charge is 0.756 e. The molecular formula is C61H119N2O6P. The van der Waals surface area contributed by atoms with Crippen molar-refractivity contribution in [2.24, 2.45) is 0 Å². The third-order valence-corrected chi connectivity index (χ3v) is 14.8. The molecule has 9 heteroatoms. The minimum absolute atomic E-state index is 0.00730. The minimum Gasteiger partial charge on any atom is -0.756 e. The zero-order valence-electron chi connectivity index (χ0n) is 47.2. The number of aliphatic hydroxyl groups is 1. The van der Waals surface area contributed by atoms with Gasteiger partial charge in [0.25, 0.3) is 7.82 Å². The number of aliphatic hydroxyl groups excluding tert-OH is 1. The molecule has 0 rings (SSSR count). The first-order chi connectivity index (χ1) is 34.0. The van der Waals surface area contributed by atoms with Gasteiger partial charge in [-0.3, -0.25) is 9.36 Å². The predicted octanol–water partition coefficient (Wildman–Crippen LogP) is 17.9. The Labute approximate surface area is 436 Å². The first-order valence-corrected chi connectivity index (χ1v) is 31.8. The monoisotopic (exact) mass is 1010 g/mol. The van der Waals surface area contributed by atoms with E-state index in [2.05, 4.69) is 43.5 Å². The Morgan fingerprint density at radius 2 is 0.800 bits per heavy atom. The van der Waals surface area contributed by atoms with Crippen molar-refractivity contribution in [3.63, 3.8) is 0 Å². The Balaban J connectivity index is 4.22. The molecule has 0 fully saturated rings. The van der Waals surface area contributed by atoms with E-state index in [0.29, 0.717) is 17.4 Å². The number of phosphoric acid groups is 1. The molecule has 0 aromatic heterocycles. The topological polar surface area (TPSA) is 108 Å². The highest BCUT2D eigenvalue weighted by atomic mass is 31.2. The molecule has 0 aliphatic heterocycles. The van der Waals surface area contributed by atoms with Crippen molar-refractivity contribution < 1.29 is 32.9 Å². The molecule has 2 N–H and O–H groups in total. The van der Waals surface area contributed by atoms with Gasteiger partial charge in [-0.25, -0.2) is 0 Å². The summed E-state index contributed by atoms with van der Waals surface area (Å²) in [5.74, 6) is -0.206. The molecule has 414 valence electrons. The zero-order valence-corrected chi connectivity index (χ0v) is 48.1. The summed E-state index contributed by atoms with van der Waals surface area (Å²) >= 11 is 0. The van der Waals surface area contributed by atoms with Crippen LogP contribution in [-0.2, 0) is 18.4 Å². The van der Waals surface area contributed by atoms with Crippen LogP contribution in [0.3, 0.4) is 0 Å². The Bertz CT molecular complexity index is 1230. The Morgan fingerprint density at radius 3 is 1.16 bits per heavy atom. The first kappa shape index (κ1) is 68.7. The van der Waals surface area contributed by atoms with Gasteiger partial charge in [-0.15, -0.1) is 0 Å². The van der Waals surface area contributed by atoms with Gasteiger partial charge in [0.2, 0.25) is 5.91 Å². The average Bonchev–Trinajstić information content (AvgIpc) is 3.32. The van der Waals surface area contributed by atoms with Gasteiger partial charge in [-0.2, -0.15) is 0 Å². The van der Waals surface area contributed by atoms with E-state index in [9.17, 15) is 19.4 Å². The van der Waals surface area contributed by atoms with Crippen LogP contribution in [0.5, 0.6) is 0 Å². The summed E-state index contributed by atoms with van der Waals surface area (Å²) in [5, 5.41) is 13.9. The van der Waals surface area contributed by atoms with Crippen molar-refractivity contribution >= 4 is 13.7 Å². The van der Waals surface area contributed by atoms with Crippen LogP contribution in [0.25, 0.3) is 0 Å². The molecule has 70 heavy (non-hydrogen) atoms. The fourth-order valence-electron chi connectivity index (χ4n) is 9.07. The fraction of sp³-hybridized carbons (Fsp3) is 0.885. The quantitative estimate of drug-likeness (QED) is 0.0272. The Morgan fingerprint density at radius 1 is 0.486 bits per heavy atom. The number of unbranched alkanes of at least 4 members (excludes halogenated alkanes) is 39. The summed E-state index contributed by atoms with van der Waals surface area (Å²) in [6.07, 6.45) is 68.1. The number of rotatable bonds is 56. The lowest BCUT2D eigenvalue weighted by Gasteiger charge is -2.29. The number of hydrogen-bond donors (Lipinski definition) is 2. The maximum absolute atomic E-state index is 13.0. The van der Waals surface area contributed by atoms with E-state index >= 15 is 0 Å². The highest BCUT2D eigenvalue weighted by Gasteiger charge is 2.23.